The van der Waals surface area contributed by atoms with Gasteiger partial charge in [-0.25, -0.2) is 4.98 Å². The molecule has 1 aliphatic rings. The fraction of sp³-hybridized carbons (Fsp3) is 0.185. The molecule has 1 unspecified atom stereocenters. The second kappa shape index (κ2) is 9.15. The van der Waals surface area contributed by atoms with Crippen molar-refractivity contribution in [2.45, 2.75) is 19.0 Å². The van der Waals surface area contributed by atoms with E-state index in [1.165, 1.54) is 11.9 Å². The Morgan fingerprint density at radius 3 is 2.77 bits per heavy atom. The number of aromatic nitrogens is 5. The molecule has 8 heteroatoms. The minimum absolute atomic E-state index is 0.0550. The van der Waals surface area contributed by atoms with Gasteiger partial charge in [-0.1, -0.05) is 42.5 Å². The van der Waals surface area contributed by atoms with Crippen LogP contribution in [0.15, 0.2) is 79.1 Å². The van der Waals surface area contributed by atoms with E-state index in [-0.39, 0.29) is 11.9 Å². The number of rotatable bonds is 6. The number of likely N-dealkylation sites (tertiary alicyclic amines) is 1. The number of H-pyrrole nitrogens is 2. The fourth-order valence-corrected chi connectivity index (χ4v) is 4.74. The van der Waals surface area contributed by atoms with E-state index in [1.807, 2.05) is 48.5 Å². The quantitative estimate of drug-likeness (QED) is 0.353. The van der Waals surface area contributed by atoms with Crippen molar-refractivity contribution in [3.63, 3.8) is 0 Å². The first-order valence-electron chi connectivity index (χ1n) is 11.7. The third-order valence-corrected chi connectivity index (χ3v) is 6.51. The van der Waals surface area contributed by atoms with Crippen LogP contribution in [0.3, 0.4) is 0 Å². The molecule has 3 heterocycles. The van der Waals surface area contributed by atoms with Gasteiger partial charge in [0.1, 0.15) is 6.33 Å². The number of hydrogen-bond acceptors (Lipinski definition) is 5. The summed E-state index contributed by atoms with van der Waals surface area (Å²) in [6, 6.07) is 24.2. The number of fused-ring (bicyclic) bond motifs is 1. The van der Waals surface area contributed by atoms with Crippen molar-refractivity contribution in [2.75, 3.05) is 13.1 Å². The Morgan fingerprint density at radius 1 is 1.00 bits per heavy atom. The molecule has 1 amide bonds. The first-order chi connectivity index (χ1) is 17.2. The number of benzene rings is 3. The van der Waals surface area contributed by atoms with Gasteiger partial charge in [0, 0.05) is 47.8 Å². The summed E-state index contributed by atoms with van der Waals surface area (Å²) in [6.07, 6.45) is 2.44. The van der Waals surface area contributed by atoms with Crippen LogP contribution in [0.1, 0.15) is 22.3 Å². The normalized spacial score (nSPS) is 16.1. The molecule has 1 saturated heterocycles. The molecule has 1 atom stereocenters. The molecule has 2 aromatic heterocycles. The van der Waals surface area contributed by atoms with Gasteiger partial charge in [-0.05, 0) is 42.3 Å². The van der Waals surface area contributed by atoms with Crippen LogP contribution in [0.5, 0.6) is 0 Å². The van der Waals surface area contributed by atoms with E-state index in [0.29, 0.717) is 11.4 Å². The molecule has 3 aromatic carbocycles. The highest BCUT2D eigenvalue weighted by molar-refractivity contribution is 5.99. The van der Waals surface area contributed by atoms with Crippen LogP contribution in [0.4, 0.5) is 0 Å². The van der Waals surface area contributed by atoms with E-state index in [9.17, 15) is 4.79 Å². The second-order valence-electron chi connectivity index (χ2n) is 8.93. The van der Waals surface area contributed by atoms with Crippen molar-refractivity contribution in [1.29, 1.82) is 0 Å². The highest BCUT2D eigenvalue weighted by atomic mass is 16.1. The predicted molar refractivity (Wildman–Crippen MR) is 134 cm³/mol. The molecule has 0 bridgehead atoms. The lowest BCUT2D eigenvalue weighted by atomic mass is 10.0. The van der Waals surface area contributed by atoms with Crippen LogP contribution >= 0.6 is 0 Å². The summed E-state index contributed by atoms with van der Waals surface area (Å²) in [5.74, 6) is 0.644. The largest absolute Gasteiger partial charge is 0.348 e. The predicted octanol–water partition coefficient (Wildman–Crippen LogP) is 4.02. The average Bonchev–Trinajstić information content (AvgIpc) is 3.66. The number of hydrogen-bond donors (Lipinski definition) is 3. The van der Waals surface area contributed by atoms with Gasteiger partial charge in [-0.2, -0.15) is 10.2 Å². The van der Waals surface area contributed by atoms with E-state index < -0.39 is 0 Å². The van der Waals surface area contributed by atoms with Gasteiger partial charge < -0.3 is 5.32 Å². The van der Waals surface area contributed by atoms with E-state index >= 15 is 0 Å². The van der Waals surface area contributed by atoms with Gasteiger partial charge in [0.2, 0.25) is 0 Å². The summed E-state index contributed by atoms with van der Waals surface area (Å²) < 4.78 is 0. The van der Waals surface area contributed by atoms with Crippen LogP contribution in [0, 0.1) is 0 Å². The Balaban J connectivity index is 1.18. The van der Waals surface area contributed by atoms with E-state index in [1.54, 1.807) is 0 Å². The SMILES string of the molecule is O=C(NC1CCN(Cc2ccccc2)C1)c1cccc(-c2n[nH]c3ccc(-c4ncn[nH]4)cc23)c1. The minimum Gasteiger partial charge on any atom is -0.348 e. The first-order valence-corrected chi connectivity index (χ1v) is 11.7. The highest BCUT2D eigenvalue weighted by Gasteiger charge is 2.24. The maximum Gasteiger partial charge on any atom is 0.251 e. The Kier molecular flexibility index (Phi) is 5.56. The molecule has 174 valence electrons. The molecule has 8 nitrogen and oxygen atoms in total. The smallest absolute Gasteiger partial charge is 0.251 e. The molecule has 0 aliphatic carbocycles. The summed E-state index contributed by atoms with van der Waals surface area (Å²) in [5.41, 5.74) is 5.45. The summed E-state index contributed by atoms with van der Waals surface area (Å²) in [6.45, 7) is 2.74. The van der Waals surface area contributed by atoms with Crippen LogP contribution in [-0.2, 0) is 6.54 Å². The molecule has 5 aromatic rings. The van der Waals surface area contributed by atoms with Crippen LogP contribution in [-0.4, -0.2) is 55.3 Å². The molecule has 1 fully saturated rings. The summed E-state index contributed by atoms with van der Waals surface area (Å²) in [7, 11) is 0. The molecule has 0 radical (unpaired) electrons. The molecule has 0 spiro atoms. The van der Waals surface area contributed by atoms with Gasteiger partial charge >= 0.3 is 0 Å². The number of carbonyl (C=O) groups is 1. The zero-order valence-corrected chi connectivity index (χ0v) is 19.1. The van der Waals surface area contributed by atoms with Crippen LogP contribution in [0.2, 0.25) is 0 Å². The topological polar surface area (TPSA) is 103 Å². The third-order valence-electron chi connectivity index (χ3n) is 6.51. The highest BCUT2D eigenvalue weighted by Crippen LogP contribution is 2.30. The summed E-state index contributed by atoms with van der Waals surface area (Å²) in [5, 5.41) is 18.6. The first kappa shape index (κ1) is 21.2. The number of nitrogens with one attached hydrogen (secondary N) is 3. The number of carbonyl (C=O) groups excluding carboxylic acids is 1. The van der Waals surface area contributed by atoms with Crippen molar-refractivity contribution in [3.05, 3.63) is 90.3 Å². The van der Waals surface area contributed by atoms with Gasteiger partial charge in [-0.15, -0.1) is 0 Å². The standard InChI is InChI=1S/C27H25N7O/c35-27(30-22-11-12-34(16-22)15-18-5-2-1-3-6-18)21-8-4-7-19(13-21)25-23-14-20(26-28-17-29-33-26)9-10-24(23)31-32-25/h1-10,13-14,17,22H,11-12,15-16H2,(H,30,35)(H,31,32)(H,28,29,33). The van der Waals surface area contributed by atoms with Crippen LogP contribution in [0.25, 0.3) is 33.5 Å². The van der Waals surface area contributed by atoms with Gasteiger partial charge in [0.15, 0.2) is 5.82 Å². The van der Waals surface area contributed by atoms with Crippen molar-refractivity contribution in [3.8, 4) is 22.6 Å². The third kappa shape index (κ3) is 4.43. The summed E-state index contributed by atoms with van der Waals surface area (Å²) in [4.78, 5) is 19.7. The monoisotopic (exact) mass is 463 g/mol. The van der Waals surface area contributed by atoms with Gasteiger partial charge in [0.25, 0.3) is 5.91 Å². The average molecular weight is 464 g/mol. The van der Waals surface area contributed by atoms with E-state index in [4.69, 9.17) is 0 Å². The van der Waals surface area contributed by atoms with Crippen molar-refractivity contribution in [2.24, 2.45) is 0 Å². The molecule has 3 N–H and O–H groups in total. The van der Waals surface area contributed by atoms with E-state index in [2.05, 4.69) is 59.9 Å². The molecule has 0 saturated carbocycles. The lowest BCUT2D eigenvalue weighted by molar-refractivity contribution is 0.0937. The number of aromatic amines is 2. The Bertz CT molecular complexity index is 1460. The fourth-order valence-electron chi connectivity index (χ4n) is 4.74. The molecular weight excluding hydrogens is 438 g/mol. The van der Waals surface area contributed by atoms with E-state index in [0.717, 1.165) is 53.8 Å². The number of amides is 1. The zero-order valence-electron chi connectivity index (χ0n) is 19.1. The number of nitrogens with zero attached hydrogens (tertiary/aromatic N) is 4. The van der Waals surface area contributed by atoms with Crippen LogP contribution < -0.4 is 5.32 Å². The lowest BCUT2D eigenvalue weighted by Crippen LogP contribution is -2.37. The lowest BCUT2D eigenvalue weighted by Gasteiger charge is -2.17. The van der Waals surface area contributed by atoms with Crippen molar-refractivity contribution in [1.82, 2.24) is 35.6 Å². The van der Waals surface area contributed by atoms with Crippen molar-refractivity contribution < 1.29 is 4.79 Å². The Labute approximate surface area is 202 Å². The molecule has 1 aliphatic heterocycles. The summed E-state index contributed by atoms with van der Waals surface area (Å²) >= 11 is 0. The van der Waals surface area contributed by atoms with Gasteiger partial charge in [0.05, 0.1) is 11.2 Å². The minimum atomic E-state index is -0.0550. The Hall–Kier alpha value is -4.30. The molecular formula is C27H25N7O. The molecule has 35 heavy (non-hydrogen) atoms. The van der Waals surface area contributed by atoms with Gasteiger partial charge in [-0.3, -0.25) is 19.9 Å². The van der Waals surface area contributed by atoms with Crippen molar-refractivity contribution >= 4 is 16.8 Å². The maximum atomic E-state index is 13.1. The second-order valence-corrected chi connectivity index (χ2v) is 8.93. The molecule has 6 rings (SSSR count). The maximum absolute atomic E-state index is 13.1. The zero-order chi connectivity index (χ0) is 23.6. The Morgan fingerprint density at radius 2 is 1.91 bits per heavy atom.